The summed E-state index contributed by atoms with van der Waals surface area (Å²) in [5, 5.41) is 0. The minimum Gasteiger partial charge on any atom is -0.486 e. The minimum absolute atomic E-state index is 0.119. The highest BCUT2D eigenvalue weighted by Crippen LogP contribution is 2.53. The Morgan fingerprint density at radius 1 is 0.968 bits per heavy atom. The lowest BCUT2D eigenvalue weighted by Crippen LogP contribution is -2.43. The van der Waals surface area contributed by atoms with Gasteiger partial charge in [0.1, 0.15) is 13.2 Å². The van der Waals surface area contributed by atoms with E-state index in [4.69, 9.17) is 9.47 Å². The Morgan fingerprint density at radius 3 is 2.52 bits per heavy atom. The van der Waals surface area contributed by atoms with Crippen LogP contribution in [-0.4, -0.2) is 41.8 Å². The maximum atomic E-state index is 13.7. The zero-order valence-electron chi connectivity index (χ0n) is 16.9. The van der Waals surface area contributed by atoms with E-state index < -0.39 is 17.9 Å². The molecule has 2 aromatic carbocycles. The van der Waals surface area contributed by atoms with E-state index in [1.54, 1.807) is 18.2 Å². The van der Waals surface area contributed by atoms with Gasteiger partial charge in [0.15, 0.2) is 17.3 Å². The summed E-state index contributed by atoms with van der Waals surface area (Å²) in [5.74, 6) is -0.986. The van der Waals surface area contributed by atoms with Crippen molar-refractivity contribution < 1.29 is 23.9 Å². The van der Waals surface area contributed by atoms with Crippen molar-refractivity contribution in [2.45, 2.75) is 19.0 Å². The SMILES string of the molecule is CC(=O)[C@@H]1[C@H]2C(=O)N(c3ccc4c(c3)OCCO4)C(=O)[C@@H]2[C@@H]2c3ccccc3C=CN12. The van der Waals surface area contributed by atoms with Crippen LogP contribution in [0.5, 0.6) is 11.5 Å². The average Bonchev–Trinajstić information content (AvgIpc) is 3.26. The van der Waals surface area contributed by atoms with Gasteiger partial charge in [-0.3, -0.25) is 14.4 Å². The summed E-state index contributed by atoms with van der Waals surface area (Å²) in [5.41, 5.74) is 2.42. The quantitative estimate of drug-likeness (QED) is 0.701. The van der Waals surface area contributed by atoms with E-state index in [1.807, 2.05) is 41.4 Å². The second kappa shape index (κ2) is 6.44. The average molecular weight is 416 g/mol. The van der Waals surface area contributed by atoms with Gasteiger partial charge in [-0.15, -0.1) is 0 Å². The molecular formula is C24H20N2O5. The van der Waals surface area contributed by atoms with Crippen molar-refractivity contribution in [2.75, 3.05) is 18.1 Å². The molecule has 0 saturated carbocycles. The maximum Gasteiger partial charge on any atom is 0.240 e. The number of hydrogen-bond donors (Lipinski definition) is 0. The number of hydrogen-bond acceptors (Lipinski definition) is 6. The Balaban J connectivity index is 1.46. The summed E-state index contributed by atoms with van der Waals surface area (Å²) in [6.45, 7) is 2.36. The number of carbonyl (C=O) groups excluding carboxylic acids is 3. The summed E-state index contributed by atoms with van der Waals surface area (Å²) in [6.07, 6.45) is 3.79. The third-order valence-electron chi connectivity index (χ3n) is 6.66. The first-order valence-electron chi connectivity index (χ1n) is 10.4. The molecule has 156 valence electrons. The van der Waals surface area contributed by atoms with Gasteiger partial charge in [0.2, 0.25) is 11.8 Å². The van der Waals surface area contributed by atoms with Crippen LogP contribution in [0.4, 0.5) is 5.69 Å². The molecule has 2 saturated heterocycles. The lowest BCUT2D eigenvalue weighted by atomic mass is 9.84. The molecule has 2 fully saturated rings. The number of nitrogens with zero attached hydrogens (tertiary/aromatic N) is 2. The zero-order valence-corrected chi connectivity index (χ0v) is 16.9. The fourth-order valence-corrected chi connectivity index (χ4v) is 5.45. The fraction of sp³-hybridized carbons (Fsp3) is 0.292. The highest BCUT2D eigenvalue weighted by atomic mass is 16.6. The molecule has 4 aliphatic rings. The molecule has 0 unspecified atom stereocenters. The Bertz CT molecular complexity index is 1170. The molecule has 7 heteroatoms. The molecule has 0 aliphatic carbocycles. The number of ether oxygens (including phenoxy) is 2. The largest absolute Gasteiger partial charge is 0.486 e. The van der Waals surface area contributed by atoms with Crippen molar-refractivity contribution in [1.82, 2.24) is 4.90 Å². The van der Waals surface area contributed by atoms with Crippen molar-refractivity contribution >= 4 is 29.4 Å². The van der Waals surface area contributed by atoms with Gasteiger partial charge in [0, 0.05) is 12.3 Å². The van der Waals surface area contributed by atoms with Gasteiger partial charge in [-0.05, 0) is 36.3 Å². The summed E-state index contributed by atoms with van der Waals surface area (Å²) < 4.78 is 11.2. The van der Waals surface area contributed by atoms with E-state index in [0.29, 0.717) is 30.4 Å². The van der Waals surface area contributed by atoms with Crippen LogP contribution in [-0.2, 0) is 14.4 Å². The van der Waals surface area contributed by atoms with Crippen molar-refractivity contribution in [3.63, 3.8) is 0 Å². The Kier molecular flexibility index (Phi) is 3.78. The Labute approximate surface area is 178 Å². The standard InChI is InChI=1S/C24H20N2O5/c1-13(27)21-19-20(22-16-5-3-2-4-14(16)8-9-25(21)22)24(29)26(23(19)28)15-6-7-17-18(12-15)31-11-10-30-17/h2-9,12,19-22H,10-11H2,1H3/t19-,20-,21+,22-/m0/s1. The molecule has 0 N–H and O–H groups in total. The van der Waals surface area contributed by atoms with Gasteiger partial charge in [0.25, 0.3) is 0 Å². The van der Waals surface area contributed by atoms with E-state index in [1.165, 1.54) is 11.8 Å². The first-order valence-corrected chi connectivity index (χ1v) is 10.4. The zero-order chi connectivity index (χ0) is 21.3. The normalized spacial score (nSPS) is 27.8. The minimum atomic E-state index is -0.723. The molecule has 31 heavy (non-hydrogen) atoms. The number of benzene rings is 2. The van der Waals surface area contributed by atoms with Crippen molar-refractivity contribution in [3.8, 4) is 11.5 Å². The van der Waals surface area contributed by atoms with Crippen molar-refractivity contribution in [1.29, 1.82) is 0 Å². The van der Waals surface area contributed by atoms with Crippen LogP contribution in [0.15, 0.2) is 48.7 Å². The predicted octanol–water partition coefficient (Wildman–Crippen LogP) is 2.56. The highest BCUT2D eigenvalue weighted by Gasteiger charge is 2.64. The number of anilines is 1. The van der Waals surface area contributed by atoms with Crippen LogP contribution in [0.3, 0.4) is 0 Å². The number of ketones is 1. The summed E-state index contributed by atoms with van der Waals surface area (Å²) >= 11 is 0. The first-order chi connectivity index (χ1) is 15.1. The highest BCUT2D eigenvalue weighted by molar-refractivity contribution is 6.24. The van der Waals surface area contributed by atoms with Crippen LogP contribution in [0, 0.1) is 11.8 Å². The molecule has 4 aliphatic heterocycles. The predicted molar refractivity (Wildman–Crippen MR) is 111 cm³/mol. The van der Waals surface area contributed by atoms with Crippen LogP contribution < -0.4 is 14.4 Å². The molecule has 4 atom stereocenters. The van der Waals surface area contributed by atoms with E-state index in [0.717, 1.165) is 11.1 Å². The number of carbonyl (C=O) groups is 3. The third kappa shape index (κ3) is 2.43. The number of rotatable bonds is 2. The smallest absolute Gasteiger partial charge is 0.240 e. The summed E-state index contributed by atoms with van der Waals surface area (Å²) in [4.78, 5) is 43.0. The van der Waals surface area contributed by atoms with Crippen LogP contribution in [0.1, 0.15) is 24.1 Å². The van der Waals surface area contributed by atoms with Crippen LogP contribution in [0.25, 0.3) is 6.08 Å². The molecule has 7 nitrogen and oxygen atoms in total. The third-order valence-corrected chi connectivity index (χ3v) is 6.66. The molecule has 0 radical (unpaired) electrons. The second-order valence-corrected chi connectivity index (χ2v) is 8.28. The molecular weight excluding hydrogens is 396 g/mol. The molecule has 2 amide bonds. The van der Waals surface area contributed by atoms with E-state index >= 15 is 0 Å². The van der Waals surface area contributed by atoms with E-state index in [9.17, 15) is 14.4 Å². The van der Waals surface area contributed by atoms with Crippen LogP contribution >= 0.6 is 0 Å². The summed E-state index contributed by atoms with van der Waals surface area (Å²) in [6, 6.07) is 11.9. The van der Waals surface area contributed by atoms with E-state index in [-0.39, 0.29) is 23.6 Å². The molecule has 2 aromatic rings. The molecule has 6 rings (SSSR count). The lowest BCUT2D eigenvalue weighted by Gasteiger charge is -2.35. The Hall–Kier alpha value is -3.61. The fourth-order valence-electron chi connectivity index (χ4n) is 5.45. The lowest BCUT2D eigenvalue weighted by molar-refractivity contribution is -0.129. The number of amides is 2. The number of fused-ring (bicyclic) bond motifs is 6. The van der Waals surface area contributed by atoms with Gasteiger partial charge in [-0.25, -0.2) is 4.90 Å². The van der Waals surface area contributed by atoms with Gasteiger partial charge in [-0.1, -0.05) is 24.3 Å². The molecule has 0 spiro atoms. The maximum absolute atomic E-state index is 13.7. The molecule has 4 heterocycles. The topological polar surface area (TPSA) is 76.1 Å². The van der Waals surface area contributed by atoms with E-state index in [2.05, 4.69) is 0 Å². The molecule has 0 bridgehead atoms. The van der Waals surface area contributed by atoms with Crippen molar-refractivity contribution in [3.05, 3.63) is 59.8 Å². The van der Waals surface area contributed by atoms with Gasteiger partial charge in [0.05, 0.1) is 29.6 Å². The monoisotopic (exact) mass is 416 g/mol. The van der Waals surface area contributed by atoms with Crippen LogP contribution in [0.2, 0.25) is 0 Å². The Morgan fingerprint density at radius 2 is 1.71 bits per heavy atom. The first kappa shape index (κ1) is 18.2. The molecule has 0 aromatic heterocycles. The van der Waals surface area contributed by atoms with Gasteiger partial charge in [-0.2, -0.15) is 0 Å². The van der Waals surface area contributed by atoms with Gasteiger partial charge < -0.3 is 14.4 Å². The van der Waals surface area contributed by atoms with Gasteiger partial charge >= 0.3 is 0 Å². The summed E-state index contributed by atoms with van der Waals surface area (Å²) in [7, 11) is 0. The second-order valence-electron chi connectivity index (χ2n) is 8.28. The number of imide groups is 1. The van der Waals surface area contributed by atoms with Crippen molar-refractivity contribution in [2.24, 2.45) is 11.8 Å². The number of Topliss-reactive ketones (excluding diaryl/α,β-unsaturated/α-hetero) is 1.